The lowest BCUT2D eigenvalue weighted by atomic mass is 10.1. The number of carbonyl (C=O) groups excluding carboxylic acids is 2. The molecule has 0 saturated carbocycles. The van der Waals surface area contributed by atoms with Crippen LogP contribution in [0.25, 0.3) is 0 Å². The lowest BCUT2D eigenvalue weighted by Crippen LogP contribution is -2.23. The maximum Gasteiger partial charge on any atom is 0.255 e. The Morgan fingerprint density at radius 2 is 1.67 bits per heavy atom. The van der Waals surface area contributed by atoms with E-state index in [-0.39, 0.29) is 18.4 Å². The molecule has 0 atom stereocenters. The van der Waals surface area contributed by atoms with Crippen molar-refractivity contribution in [1.29, 1.82) is 0 Å². The Morgan fingerprint density at radius 1 is 0.900 bits per heavy atom. The number of halogens is 1. The van der Waals surface area contributed by atoms with Crippen molar-refractivity contribution in [2.45, 2.75) is 6.54 Å². The monoisotopic (exact) mass is 408 g/mol. The summed E-state index contributed by atoms with van der Waals surface area (Å²) in [4.78, 5) is 24.9. The molecule has 0 aliphatic rings. The van der Waals surface area contributed by atoms with Crippen molar-refractivity contribution in [3.8, 4) is 11.5 Å². The van der Waals surface area contributed by atoms with Gasteiger partial charge >= 0.3 is 0 Å². The van der Waals surface area contributed by atoms with Crippen LogP contribution in [0.3, 0.4) is 0 Å². The second-order valence-corrected chi connectivity index (χ2v) is 6.41. The van der Waals surface area contributed by atoms with Gasteiger partial charge in [-0.05, 0) is 60.2 Å². The van der Waals surface area contributed by atoms with Gasteiger partial charge in [0.25, 0.3) is 11.8 Å². The number of carbonyl (C=O) groups is 2. The second-order valence-electron chi connectivity index (χ2n) is 6.41. The van der Waals surface area contributed by atoms with Gasteiger partial charge in [0.2, 0.25) is 0 Å². The van der Waals surface area contributed by atoms with E-state index in [9.17, 15) is 14.0 Å². The number of anilines is 1. The third-order valence-electron chi connectivity index (χ3n) is 4.40. The molecule has 6 nitrogen and oxygen atoms in total. The molecular formula is C23H21FN2O4. The standard InChI is InChI=1S/C23H21FN2O4/c1-29-19-10-11-21(30-2)20(13-19)23(28)25-14-15-4-3-5-18(12-15)26-22(27)16-6-8-17(24)9-7-16/h3-13H,14H2,1-2H3,(H,25,28)(H,26,27). The van der Waals surface area contributed by atoms with Crippen LogP contribution in [0.2, 0.25) is 0 Å². The molecule has 3 aromatic carbocycles. The van der Waals surface area contributed by atoms with E-state index in [0.29, 0.717) is 28.3 Å². The van der Waals surface area contributed by atoms with Crippen molar-refractivity contribution in [2.75, 3.05) is 19.5 Å². The van der Waals surface area contributed by atoms with Crippen LogP contribution in [0.1, 0.15) is 26.3 Å². The third-order valence-corrected chi connectivity index (χ3v) is 4.40. The summed E-state index contributed by atoms with van der Waals surface area (Å²) < 4.78 is 23.4. The van der Waals surface area contributed by atoms with Gasteiger partial charge in [-0.2, -0.15) is 0 Å². The van der Waals surface area contributed by atoms with Gasteiger partial charge in [-0.1, -0.05) is 12.1 Å². The largest absolute Gasteiger partial charge is 0.497 e. The van der Waals surface area contributed by atoms with Gasteiger partial charge in [0.05, 0.1) is 19.8 Å². The molecule has 0 fully saturated rings. The Bertz CT molecular complexity index is 1050. The number of hydrogen-bond acceptors (Lipinski definition) is 4. The smallest absolute Gasteiger partial charge is 0.255 e. The summed E-state index contributed by atoms with van der Waals surface area (Å²) in [6.07, 6.45) is 0. The number of rotatable bonds is 7. The average molecular weight is 408 g/mol. The molecule has 2 N–H and O–H groups in total. The highest BCUT2D eigenvalue weighted by atomic mass is 19.1. The minimum atomic E-state index is -0.406. The first-order valence-electron chi connectivity index (χ1n) is 9.16. The summed E-state index contributed by atoms with van der Waals surface area (Å²) in [5.74, 6) is -0.0826. The minimum Gasteiger partial charge on any atom is -0.497 e. The van der Waals surface area contributed by atoms with Crippen LogP contribution >= 0.6 is 0 Å². The first-order chi connectivity index (χ1) is 14.5. The van der Waals surface area contributed by atoms with Gasteiger partial charge in [0.1, 0.15) is 17.3 Å². The van der Waals surface area contributed by atoms with E-state index in [0.717, 1.165) is 5.56 Å². The zero-order chi connectivity index (χ0) is 21.5. The van der Waals surface area contributed by atoms with Gasteiger partial charge < -0.3 is 20.1 Å². The Balaban J connectivity index is 1.66. The summed E-state index contributed by atoms with van der Waals surface area (Å²) in [7, 11) is 3.01. The van der Waals surface area contributed by atoms with Crippen LogP contribution in [0.5, 0.6) is 11.5 Å². The number of ether oxygens (including phenoxy) is 2. The van der Waals surface area contributed by atoms with Crippen LogP contribution in [0, 0.1) is 5.82 Å². The molecule has 2 amide bonds. The highest BCUT2D eigenvalue weighted by Gasteiger charge is 2.14. The van der Waals surface area contributed by atoms with E-state index in [4.69, 9.17) is 9.47 Å². The summed E-state index contributed by atoms with van der Waals surface area (Å²) in [5, 5.41) is 5.59. The third kappa shape index (κ3) is 5.14. The SMILES string of the molecule is COc1ccc(OC)c(C(=O)NCc2cccc(NC(=O)c3ccc(F)cc3)c2)c1. The van der Waals surface area contributed by atoms with Gasteiger partial charge in [-0.3, -0.25) is 9.59 Å². The number of hydrogen-bond donors (Lipinski definition) is 2. The van der Waals surface area contributed by atoms with Gasteiger partial charge in [-0.25, -0.2) is 4.39 Å². The first-order valence-corrected chi connectivity index (χ1v) is 9.16. The summed E-state index contributed by atoms with van der Waals surface area (Å²) >= 11 is 0. The Labute approximate surface area is 173 Å². The molecular weight excluding hydrogens is 387 g/mol. The van der Waals surface area contributed by atoms with Gasteiger partial charge in [0, 0.05) is 17.8 Å². The molecule has 0 heterocycles. The Hall–Kier alpha value is -3.87. The molecule has 0 aliphatic carbocycles. The average Bonchev–Trinajstić information content (AvgIpc) is 2.77. The number of methoxy groups -OCH3 is 2. The van der Waals surface area contributed by atoms with Crippen LogP contribution in [-0.2, 0) is 6.54 Å². The molecule has 0 radical (unpaired) electrons. The zero-order valence-corrected chi connectivity index (χ0v) is 16.6. The molecule has 7 heteroatoms. The van der Waals surface area contributed by atoms with E-state index in [1.807, 2.05) is 6.07 Å². The van der Waals surface area contributed by atoms with E-state index in [1.165, 1.54) is 38.5 Å². The van der Waals surface area contributed by atoms with Crippen molar-refractivity contribution in [3.05, 3.63) is 89.2 Å². The van der Waals surface area contributed by atoms with Crippen LogP contribution in [-0.4, -0.2) is 26.0 Å². The van der Waals surface area contributed by atoms with Crippen molar-refractivity contribution in [1.82, 2.24) is 5.32 Å². The lowest BCUT2D eigenvalue weighted by molar-refractivity contribution is 0.0946. The maximum atomic E-state index is 13.0. The molecule has 3 aromatic rings. The number of amides is 2. The Kier molecular flexibility index (Phi) is 6.64. The predicted octanol–water partition coefficient (Wildman–Crippen LogP) is 4.03. The molecule has 0 aromatic heterocycles. The van der Waals surface area contributed by atoms with Crippen LogP contribution in [0.4, 0.5) is 10.1 Å². The molecule has 3 rings (SSSR count). The molecule has 0 aliphatic heterocycles. The van der Waals surface area contributed by atoms with Gasteiger partial charge in [0.15, 0.2) is 0 Å². The quantitative estimate of drug-likeness (QED) is 0.619. The normalized spacial score (nSPS) is 10.2. The second kappa shape index (κ2) is 9.56. The molecule has 30 heavy (non-hydrogen) atoms. The Morgan fingerprint density at radius 3 is 2.37 bits per heavy atom. The van der Waals surface area contributed by atoms with Crippen molar-refractivity contribution in [3.63, 3.8) is 0 Å². The summed E-state index contributed by atoms with van der Waals surface area (Å²) in [6, 6.07) is 17.4. The molecule has 0 spiro atoms. The van der Waals surface area contributed by atoms with Crippen LogP contribution < -0.4 is 20.1 Å². The lowest BCUT2D eigenvalue weighted by Gasteiger charge is -2.12. The van der Waals surface area contributed by atoms with Crippen molar-refractivity contribution >= 4 is 17.5 Å². The highest BCUT2D eigenvalue weighted by Crippen LogP contribution is 2.24. The summed E-state index contributed by atoms with van der Waals surface area (Å²) in [5.41, 5.74) is 2.06. The number of benzene rings is 3. The predicted molar refractivity (Wildman–Crippen MR) is 112 cm³/mol. The highest BCUT2D eigenvalue weighted by molar-refractivity contribution is 6.04. The van der Waals surface area contributed by atoms with Crippen molar-refractivity contribution in [2.24, 2.45) is 0 Å². The number of nitrogens with one attached hydrogen (secondary N) is 2. The molecule has 154 valence electrons. The zero-order valence-electron chi connectivity index (χ0n) is 16.6. The topological polar surface area (TPSA) is 76.7 Å². The summed E-state index contributed by atoms with van der Waals surface area (Å²) in [6.45, 7) is 0.249. The fourth-order valence-corrected chi connectivity index (χ4v) is 2.83. The first kappa shape index (κ1) is 20.9. The van der Waals surface area contributed by atoms with E-state index in [1.54, 1.807) is 36.4 Å². The van der Waals surface area contributed by atoms with E-state index in [2.05, 4.69) is 10.6 Å². The van der Waals surface area contributed by atoms with Crippen LogP contribution in [0.15, 0.2) is 66.7 Å². The fourth-order valence-electron chi connectivity index (χ4n) is 2.83. The fraction of sp³-hybridized carbons (Fsp3) is 0.130. The molecule has 0 saturated heterocycles. The molecule has 0 bridgehead atoms. The maximum absolute atomic E-state index is 13.0. The minimum absolute atomic E-state index is 0.249. The van der Waals surface area contributed by atoms with Gasteiger partial charge in [-0.15, -0.1) is 0 Å². The molecule has 0 unspecified atom stereocenters. The van der Waals surface area contributed by atoms with E-state index >= 15 is 0 Å². The van der Waals surface area contributed by atoms with Crippen molar-refractivity contribution < 1.29 is 23.5 Å². The van der Waals surface area contributed by atoms with E-state index < -0.39 is 5.82 Å².